The van der Waals surface area contributed by atoms with E-state index in [2.05, 4.69) is 135 Å². The van der Waals surface area contributed by atoms with Crippen molar-refractivity contribution in [3.63, 3.8) is 0 Å². The molecule has 1 heteroatoms. The molecule has 53 heavy (non-hydrogen) atoms. The summed E-state index contributed by atoms with van der Waals surface area (Å²) in [4.78, 5) is 1.89. The van der Waals surface area contributed by atoms with Crippen LogP contribution in [0.4, 0.5) is 17.1 Å². The zero-order valence-corrected chi connectivity index (χ0v) is 29.7. The first-order valence-corrected chi connectivity index (χ1v) is 18.3. The molecule has 0 heterocycles. The molecule has 0 aromatic heterocycles. The summed E-state index contributed by atoms with van der Waals surface area (Å²) in [7, 11) is 0. The molecule has 10 rings (SSSR count). The molecule has 0 radical (unpaired) electrons. The Kier molecular flexibility index (Phi) is 6.21. The predicted molar refractivity (Wildman–Crippen MR) is 221 cm³/mol. The average molecular weight is 682 g/mol. The summed E-state index contributed by atoms with van der Waals surface area (Å²) in [5.74, 6) is 0. The summed E-state index contributed by atoms with van der Waals surface area (Å²) in [6.07, 6.45) is 0. The number of fused-ring (bicyclic) bond motifs is 6. The van der Waals surface area contributed by atoms with Gasteiger partial charge in [0.05, 0.1) is 10.9 Å². The Morgan fingerprint density at radius 3 is 1.55 bits per heavy atom. The monoisotopic (exact) mass is 681 g/mol. The van der Waals surface area contributed by atoms with Gasteiger partial charge in [-0.3, -0.25) is 0 Å². The van der Waals surface area contributed by atoms with Crippen LogP contribution in [0, 0.1) is 0 Å². The molecule has 252 valence electrons. The zero-order valence-electron chi connectivity index (χ0n) is 33.7. The van der Waals surface area contributed by atoms with Gasteiger partial charge in [0.15, 0.2) is 0 Å². The van der Waals surface area contributed by atoms with Crippen molar-refractivity contribution in [2.24, 2.45) is 0 Å². The number of nitrogens with zero attached hydrogens (tertiary/aromatic N) is 1. The van der Waals surface area contributed by atoms with Gasteiger partial charge in [-0.2, -0.15) is 0 Å². The van der Waals surface area contributed by atoms with Crippen LogP contribution in [0.5, 0.6) is 0 Å². The molecule has 0 unspecified atom stereocenters. The van der Waals surface area contributed by atoms with Crippen LogP contribution in [-0.4, -0.2) is 0 Å². The molecule has 1 nitrogen and oxygen atoms in total. The first-order valence-electron chi connectivity index (χ1n) is 20.3. The van der Waals surface area contributed by atoms with Gasteiger partial charge >= 0.3 is 0 Å². The number of rotatable bonds is 6. The van der Waals surface area contributed by atoms with Crippen LogP contribution in [0.25, 0.3) is 33.4 Å². The van der Waals surface area contributed by atoms with Crippen LogP contribution in [-0.2, 0) is 10.8 Å². The standard InChI is InChI=1S/C52H39N/c1-51(2)47-24-14-12-22-43(47)45-33-31-42(35-49(45)51)53(40-20-10-5-11-21-40)41-29-26-36(27-30-41)37-28-32-46-44-23-13-15-25-48(44)52(50(46)34-37,38-16-6-3-7-17-38)39-18-8-4-9-19-39/h3-35H,1-2H3/i26D,27D,29D,30D. The molecule has 2 aliphatic carbocycles. The fourth-order valence-corrected chi connectivity index (χ4v) is 8.98. The van der Waals surface area contributed by atoms with Crippen molar-refractivity contribution < 1.29 is 5.48 Å². The van der Waals surface area contributed by atoms with Crippen molar-refractivity contribution in [1.82, 2.24) is 0 Å². The summed E-state index contributed by atoms with van der Waals surface area (Å²) in [6.45, 7) is 4.47. The van der Waals surface area contributed by atoms with Gasteiger partial charge < -0.3 is 4.90 Å². The van der Waals surface area contributed by atoms with E-state index in [1.165, 1.54) is 22.3 Å². The van der Waals surface area contributed by atoms with Crippen molar-refractivity contribution in [1.29, 1.82) is 0 Å². The molecule has 2 aliphatic rings. The van der Waals surface area contributed by atoms with Crippen LogP contribution >= 0.6 is 0 Å². The van der Waals surface area contributed by atoms with Gasteiger partial charge in [0.2, 0.25) is 0 Å². The first kappa shape index (κ1) is 27.2. The van der Waals surface area contributed by atoms with Crippen molar-refractivity contribution >= 4 is 17.1 Å². The minimum absolute atomic E-state index is 0.0821. The maximum absolute atomic E-state index is 9.66. The van der Waals surface area contributed by atoms with Gasteiger partial charge in [0, 0.05) is 22.5 Å². The number of benzene rings is 8. The summed E-state index contributed by atoms with van der Waals surface area (Å²) >= 11 is 0. The molecule has 8 aromatic rings. The maximum Gasteiger partial charge on any atom is 0.0713 e. The molecule has 0 N–H and O–H groups in total. The van der Waals surface area contributed by atoms with Crippen molar-refractivity contribution in [3.8, 4) is 33.4 Å². The SMILES string of the molecule is [2H]c1c([2H])c(N(c2ccccc2)c2ccc3c(c2)C(C)(C)c2ccccc2-3)c([2H])c([2H])c1-c1ccc2c(c1)C(c1ccccc1)(c1ccccc1)c1ccccc1-2. The van der Waals surface area contributed by atoms with E-state index in [1.807, 2.05) is 59.5 Å². The lowest BCUT2D eigenvalue weighted by molar-refractivity contribution is 0.660. The smallest absolute Gasteiger partial charge is 0.0713 e. The van der Waals surface area contributed by atoms with Crippen molar-refractivity contribution in [2.45, 2.75) is 24.7 Å². The topological polar surface area (TPSA) is 3.24 Å². The fourth-order valence-electron chi connectivity index (χ4n) is 8.98. The quantitative estimate of drug-likeness (QED) is 0.169. The molecule has 0 amide bonds. The van der Waals surface area contributed by atoms with E-state index in [4.69, 9.17) is 0 Å². The lowest BCUT2D eigenvalue weighted by Gasteiger charge is -2.34. The van der Waals surface area contributed by atoms with Crippen LogP contribution in [0.15, 0.2) is 200 Å². The molecular formula is C52H39N. The zero-order chi connectivity index (χ0) is 39.1. The third-order valence-corrected chi connectivity index (χ3v) is 11.4. The van der Waals surface area contributed by atoms with Gasteiger partial charge in [-0.25, -0.2) is 0 Å². The number of hydrogen-bond acceptors (Lipinski definition) is 1. The molecule has 0 spiro atoms. The highest BCUT2D eigenvalue weighted by molar-refractivity contribution is 5.89. The molecule has 0 saturated heterocycles. The highest BCUT2D eigenvalue weighted by Gasteiger charge is 2.46. The van der Waals surface area contributed by atoms with Crippen LogP contribution in [0.2, 0.25) is 0 Å². The maximum atomic E-state index is 9.66. The number of anilines is 3. The van der Waals surface area contributed by atoms with E-state index in [0.29, 0.717) is 5.56 Å². The largest absolute Gasteiger partial charge is 0.310 e. The summed E-state index contributed by atoms with van der Waals surface area (Å²) < 4.78 is 38.6. The summed E-state index contributed by atoms with van der Waals surface area (Å²) in [5.41, 5.74) is 13.2. The number of para-hydroxylation sites is 1. The molecule has 0 aliphatic heterocycles. The Hall–Kier alpha value is -6.44. The van der Waals surface area contributed by atoms with Crippen LogP contribution < -0.4 is 4.90 Å². The Labute approximate surface area is 318 Å². The highest BCUT2D eigenvalue weighted by atomic mass is 15.1. The Morgan fingerprint density at radius 1 is 0.377 bits per heavy atom. The second-order valence-electron chi connectivity index (χ2n) is 14.6. The van der Waals surface area contributed by atoms with Gasteiger partial charge in [-0.1, -0.05) is 172 Å². The van der Waals surface area contributed by atoms with Crippen molar-refractivity contribution in [3.05, 3.63) is 233 Å². The highest BCUT2D eigenvalue weighted by Crippen LogP contribution is 2.57. The Morgan fingerprint density at radius 2 is 0.887 bits per heavy atom. The lowest BCUT2D eigenvalue weighted by atomic mass is 9.67. The molecule has 0 saturated carbocycles. The minimum atomic E-state index is -0.659. The summed E-state index contributed by atoms with van der Waals surface area (Å²) in [5, 5.41) is 0. The Bertz CT molecular complexity index is 2800. The summed E-state index contributed by atoms with van der Waals surface area (Å²) in [6, 6.07) is 60.0. The Balaban J connectivity index is 1.18. The van der Waals surface area contributed by atoms with Crippen LogP contribution in [0.3, 0.4) is 0 Å². The van der Waals surface area contributed by atoms with Gasteiger partial charge in [-0.15, -0.1) is 0 Å². The minimum Gasteiger partial charge on any atom is -0.310 e. The van der Waals surface area contributed by atoms with E-state index in [9.17, 15) is 5.48 Å². The molecule has 8 aromatic carbocycles. The van der Waals surface area contributed by atoms with Gasteiger partial charge in [-0.05, 0) is 109 Å². The third-order valence-electron chi connectivity index (χ3n) is 11.4. The predicted octanol–water partition coefficient (Wildman–Crippen LogP) is 13.5. The first-order chi connectivity index (χ1) is 27.7. The molecule has 0 bridgehead atoms. The van der Waals surface area contributed by atoms with Crippen LogP contribution in [0.1, 0.15) is 52.7 Å². The number of hydrogen-bond donors (Lipinski definition) is 0. The fraction of sp³-hybridized carbons (Fsp3) is 0.0769. The average Bonchev–Trinajstić information content (AvgIpc) is 3.68. The molecule has 0 atom stereocenters. The van der Waals surface area contributed by atoms with E-state index in [-0.39, 0.29) is 40.8 Å². The van der Waals surface area contributed by atoms with Crippen molar-refractivity contribution in [2.75, 3.05) is 4.90 Å². The van der Waals surface area contributed by atoms with E-state index in [0.717, 1.165) is 44.8 Å². The van der Waals surface area contributed by atoms with E-state index < -0.39 is 5.41 Å². The normalized spacial score (nSPS) is 15.2. The lowest BCUT2D eigenvalue weighted by Crippen LogP contribution is -2.28. The second-order valence-corrected chi connectivity index (χ2v) is 14.6. The molecule has 0 fully saturated rings. The van der Waals surface area contributed by atoms with Gasteiger partial charge in [0.25, 0.3) is 0 Å². The van der Waals surface area contributed by atoms with Gasteiger partial charge in [0.1, 0.15) is 0 Å². The van der Waals surface area contributed by atoms with E-state index >= 15 is 0 Å². The third kappa shape index (κ3) is 4.70. The molecular weight excluding hydrogens is 639 g/mol. The van der Waals surface area contributed by atoms with E-state index in [1.54, 1.807) is 0 Å². The second kappa shape index (κ2) is 12.1.